The highest BCUT2D eigenvalue weighted by Gasteiger charge is 2.65. The summed E-state index contributed by atoms with van der Waals surface area (Å²) in [6, 6.07) is 15.7. The van der Waals surface area contributed by atoms with Crippen LogP contribution in [-0.2, 0) is 38.2 Å². The maximum absolute atomic E-state index is 12.6. The normalized spacial score (nSPS) is 33.2. The maximum atomic E-state index is 12.6. The lowest BCUT2D eigenvalue weighted by Gasteiger charge is -2.53. The van der Waals surface area contributed by atoms with Gasteiger partial charge in [0.25, 0.3) is 0 Å². The molecule has 5 heterocycles. The van der Waals surface area contributed by atoms with Crippen molar-refractivity contribution in [2.24, 2.45) is 29.1 Å². The molecule has 14 atom stereocenters. The average Bonchev–Trinajstić information content (AvgIpc) is 3.90. The van der Waals surface area contributed by atoms with Crippen LogP contribution in [0.2, 0.25) is 0 Å². The van der Waals surface area contributed by atoms with E-state index in [-0.39, 0.29) is 75.2 Å². The third-order valence-corrected chi connectivity index (χ3v) is 15.3. The number of carbonyl (C=O) groups is 1. The van der Waals surface area contributed by atoms with Crippen molar-refractivity contribution in [3.63, 3.8) is 0 Å². The lowest BCUT2D eigenvalue weighted by molar-refractivity contribution is -0.334. The minimum atomic E-state index is -1.85. The third kappa shape index (κ3) is 10.3. The first-order chi connectivity index (χ1) is 33.3. The lowest BCUT2D eigenvalue weighted by atomic mass is 9.58. The van der Waals surface area contributed by atoms with Gasteiger partial charge in [0.15, 0.2) is 5.60 Å². The Balaban J connectivity index is 1.14. The van der Waals surface area contributed by atoms with Crippen LogP contribution in [0.25, 0.3) is 0 Å². The maximum Gasteiger partial charge on any atom is 0.335 e. The van der Waals surface area contributed by atoms with Crippen LogP contribution in [0.15, 0.2) is 98.1 Å². The standard InChI is InChI=1S/C54H64N2O13/c1-3-6-37-13-14-42(26-39(37)25-40(32-65-2)44(31-58)56-19-16-35(29-55)30-56)68-51-54-28-43(45(59)7-5-21-66-46(8-4-20-57)48(69-51)47(60)49(54)61)52(18-22-67-54)17-15-41-24-36(27-53(41,64)33-52)23-34-9-11-38(12-10-34)50(62)63/h3,9-19,22,26,30,36,40-41,43-49,51,57-61,64H,1,4,6-8,20,23-25,27-28,31-33H2,2H3,(H,62,63)/t36-,40-,41-,43-,44+,45+,46+,47+,48+,49-,51-,52+,53-,54+/m0/s1. The molecule has 6 aliphatic rings. The number of aliphatic hydroxyl groups is 6. The van der Waals surface area contributed by atoms with E-state index in [1.807, 2.05) is 47.1 Å². The number of nitrogens with zero attached hydrogens (tertiary/aromatic N) is 2. The van der Waals surface area contributed by atoms with E-state index < -0.39 is 71.4 Å². The number of allylic oxidation sites excluding steroid dienone is 3. The SMILES string of the molecule is C=CCc1ccc(O[C@H]2O[C@H]3[C@@H](O)[C@H](O)[C@]24C[C@@H]([C@H](O)CC#CO[C@@H]3CCCO)[C@@]2(C=CO4)C=C[C@H]3C[C@H](Cc4ccc(C(=O)O)cc4)C[C@]3(O)C2)cc1C[C@@H](COC)[C@@H](CO)n1ccc(C#N)c1. The zero-order valence-corrected chi connectivity index (χ0v) is 38.9. The number of rotatable bonds is 17. The average molecular weight is 949 g/mol. The third-order valence-electron chi connectivity index (χ3n) is 15.3. The van der Waals surface area contributed by atoms with Crippen molar-refractivity contribution >= 4 is 5.97 Å². The van der Waals surface area contributed by atoms with Crippen LogP contribution in [0.1, 0.15) is 83.6 Å². The number of carboxylic acid groups (broad SMARTS) is 1. The minimum absolute atomic E-state index is 0.0319. The fraction of sp³-hybridized carbons (Fsp3) is 0.519. The first-order valence-electron chi connectivity index (χ1n) is 23.9. The zero-order chi connectivity index (χ0) is 48.9. The number of benzene rings is 2. The Kier molecular flexibility index (Phi) is 15.4. The summed E-state index contributed by atoms with van der Waals surface area (Å²) in [6.45, 7) is 3.86. The first kappa shape index (κ1) is 49.9. The van der Waals surface area contributed by atoms with E-state index in [0.717, 1.165) is 16.7 Å². The van der Waals surface area contributed by atoms with Gasteiger partial charge in [-0.05, 0) is 110 Å². The largest absolute Gasteiger partial charge is 0.486 e. The van der Waals surface area contributed by atoms with Gasteiger partial charge in [0.1, 0.15) is 42.3 Å². The summed E-state index contributed by atoms with van der Waals surface area (Å²) in [7, 11) is 1.59. The van der Waals surface area contributed by atoms with E-state index in [1.54, 1.807) is 49.8 Å². The summed E-state index contributed by atoms with van der Waals surface area (Å²) < 4.78 is 33.8. The number of fused-ring (bicyclic) bond motifs is 7. The van der Waals surface area contributed by atoms with Crippen molar-refractivity contribution < 1.29 is 64.2 Å². The monoisotopic (exact) mass is 948 g/mol. The number of hydrogen-bond donors (Lipinski definition) is 7. The van der Waals surface area contributed by atoms with Gasteiger partial charge in [0.05, 0.1) is 48.3 Å². The second-order valence-corrected chi connectivity index (χ2v) is 19.7. The van der Waals surface area contributed by atoms with Crippen molar-refractivity contribution in [1.82, 2.24) is 4.57 Å². The Labute approximate surface area is 402 Å². The van der Waals surface area contributed by atoms with Crippen LogP contribution in [0, 0.1) is 52.4 Å². The molecule has 15 nitrogen and oxygen atoms in total. The molecule has 2 fully saturated rings. The fourth-order valence-corrected chi connectivity index (χ4v) is 11.8. The van der Waals surface area contributed by atoms with E-state index in [2.05, 4.69) is 24.7 Å². The first-order valence-corrected chi connectivity index (χ1v) is 23.9. The van der Waals surface area contributed by atoms with Crippen LogP contribution in [0.3, 0.4) is 0 Å². The summed E-state index contributed by atoms with van der Waals surface area (Å²) in [6.07, 6.45) is 10.5. The van der Waals surface area contributed by atoms with Crippen LogP contribution in [0.4, 0.5) is 0 Å². The van der Waals surface area contributed by atoms with E-state index >= 15 is 0 Å². The number of ether oxygens (including phenoxy) is 5. The van der Waals surface area contributed by atoms with Crippen molar-refractivity contribution in [3.05, 3.63) is 126 Å². The quantitative estimate of drug-likeness (QED) is 0.0714. The zero-order valence-electron chi connectivity index (χ0n) is 38.9. The van der Waals surface area contributed by atoms with Crippen molar-refractivity contribution in [3.8, 4) is 23.8 Å². The molecular formula is C54H64N2O13. The van der Waals surface area contributed by atoms with Crippen LogP contribution >= 0.6 is 0 Å². The predicted octanol–water partition coefficient (Wildman–Crippen LogP) is 4.77. The van der Waals surface area contributed by atoms with Crippen molar-refractivity contribution in [2.75, 3.05) is 26.9 Å². The van der Waals surface area contributed by atoms with Gasteiger partial charge >= 0.3 is 5.97 Å². The summed E-state index contributed by atoms with van der Waals surface area (Å²) in [5.41, 5.74) is -0.640. The number of methoxy groups -OCH3 is 1. The highest BCUT2D eigenvalue weighted by Crippen LogP contribution is 2.58. The molecule has 1 aromatic heterocycles. The second kappa shape index (κ2) is 21.3. The van der Waals surface area contributed by atoms with Gasteiger partial charge < -0.3 is 64.0 Å². The molecule has 1 saturated heterocycles. The molecule has 2 aromatic carbocycles. The van der Waals surface area contributed by atoms with Gasteiger partial charge in [0.2, 0.25) is 6.29 Å². The molecule has 15 heteroatoms. The Morgan fingerprint density at radius 1 is 1.10 bits per heavy atom. The van der Waals surface area contributed by atoms with E-state index in [1.165, 1.54) is 6.26 Å². The summed E-state index contributed by atoms with van der Waals surface area (Å²) in [5.74, 6) is 1.15. The van der Waals surface area contributed by atoms with Crippen LogP contribution in [0.5, 0.6) is 5.75 Å². The molecule has 7 N–H and O–H groups in total. The van der Waals surface area contributed by atoms with Gasteiger partial charge in [-0.1, -0.05) is 42.3 Å². The number of carboxylic acids is 1. The molecule has 1 saturated carbocycles. The van der Waals surface area contributed by atoms with Crippen LogP contribution in [-0.4, -0.2) is 121 Å². The molecule has 69 heavy (non-hydrogen) atoms. The van der Waals surface area contributed by atoms with E-state index in [0.29, 0.717) is 43.4 Å². The highest BCUT2D eigenvalue weighted by molar-refractivity contribution is 5.87. The van der Waals surface area contributed by atoms with Gasteiger partial charge in [0, 0.05) is 62.1 Å². The fourth-order valence-electron chi connectivity index (χ4n) is 11.8. The molecule has 2 spiro atoms. The molecule has 9 rings (SSSR count). The molecule has 2 aliphatic carbocycles. The number of aliphatic hydroxyl groups excluding tert-OH is 5. The second-order valence-electron chi connectivity index (χ2n) is 19.7. The van der Waals surface area contributed by atoms with Gasteiger partial charge in [-0.25, -0.2) is 4.79 Å². The Hall–Kier alpha value is -5.46. The molecule has 4 aliphatic heterocycles. The molecular weight excluding hydrogens is 885 g/mol. The summed E-state index contributed by atoms with van der Waals surface area (Å²) in [4.78, 5) is 11.5. The number of hydrogen-bond acceptors (Lipinski definition) is 13. The van der Waals surface area contributed by atoms with Crippen molar-refractivity contribution in [1.29, 1.82) is 5.26 Å². The molecule has 0 radical (unpaired) electrons. The highest BCUT2D eigenvalue weighted by atomic mass is 16.7. The Morgan fingerprint density at radius 2 is 1.91 bits per heavy atom. The van der Waals surface area contributed by atoms with E-state index in [4.69, 9.17) is 23.7 Å². The summed E-state index contributed by atoms with van der Waals surface area (Å²) in [5, 5.41) is 89.0. The van der Waals surface area contributed by atoms with Crippen LogP contribution < -0.4 is 4.74 Å². The number of aromatic nitrogens is 1. The van der Waals surface area contributed by atoms with Gasteiger partial charge in [-0.15, -0.1) is 6.58 Å². The molecule has 368 valence electrons. The number of aromatic carboxylic acids is 1. The number of nitriles is 1. The topological polar surface area (TPSA) is 234 Å². The molecule has 0 amide bonds. The minimum Gasteiger partial charge on any atom is -0.486 e. The predicted molar refractivity (Wildman–Crippen MR) is 251 cm³/mol. The summed E-state index contributed by atoms with van der Waals surface area (Å²) >= 11 is 0. The Morgan fingerprint density at radius 3 is 2.62 bits per heavy atom. The lowest BCUT2D eigenvalue weighted by Crippen LogP contribution is -2.70. The van der Waals surface area contributed by atoms with Crippen molar-refractivity contribution in [2.45, 2.75) is 118 Å². The molecule has 3 aromatic rings. The smallest absolute Gasteiger partial charge is 0.335 e. The Bertz CT molecular complexity index is 2450. The van der Waals surface area contributed by atoms with E-state index in [9.17, 15) is 45.8 Å². The molecule has 3 bridgehead atoms. The molecule has 0 unspecified atom stereocenters. The van der Waals surface area contributed by atoms with Gasteiger partial charge in [-0.3, -0.25) is 0 Å². The van der Waals surface area contributed by atoms with Gasteiger partial charge in [-0.2, -0.15) is 5.26 Å².